The number of amides is 1. The molecule has 28 heavy (non-hydrogen) atoms. The average Bonchev–Trinajstić information content (AvgIpc) is 3.12. The normalized spacial score (nSPS) is 19.5. The van der Waals surface area contributed by atoms with Crippen LogP contribution in [-0.4, -0.2) is 38.9 Å². The van der Waals surface area contributed by atoms with Gasteiger partial charge in [-0.3, -0.25) is 4.79 Å². The number of hydrogen-bond acceptors (Lipinski definition) is 5. The molecule has 0 unspecified atom stereocenters. The second kappa shape index (κ2) is 7.71. The highest BCUT2D eigenvalue weighted by molar-refractivity contribution is 6.31. The van der Waals surface area contributed by atoms with E-state index >= 15 is 0 Å². The van der Waals surface area contributed by atoms with E-state index in [4.69, 9.17) is 11.6 Å². The molecule has 0 aliphatic heterocycles. The third-order valence-corrected chi connectivity index (χ3v) is 5.36. The van der Waals surface area contributed by atoms with Gasteiger partial charge < -0.3 is 15.6 Å². The zero-order valence-corrected chi connectivity index (χ0v) is 16.1. The van der Waals surface area contributed by atoms with Crippen molar-refractivity contribution in [1.29, 1.82) is 0 Å². The number of carbonyl (C=O) groups is 1. The minimum Gasteiger partial charge on any atom is -0.364 e. The van der Waals surface area contributed by atoms with E-state index in [-0.39, 0.29) is 23.7 Å². The number of carbonyl (C=O) groups excluding carboxylic acids is 1. The quantitative estimate of drug-likeness (QED) is 0.620. The molecule has 3 aromatic heterocycles. The fourth-order valence-electron chi connectivity index (χ4n) is 3.74. The standard InChI is InChI=1S/C19H20ClFN6O/c1-22-19(28)11-4-2-3-5-15(11)26-18-14(21)9-25-17(27-18)13-8-24-16-12(13)6-10(20)7-23-16/h6-9,11,15H,2-5H2,1H3,(H,22,28)(H,23,24)(H,25,26,27)/t11-,15+/m1/s1. The summed E-state index contributed by atoms with van der Waals surface area (Å²) in [5.74, 6) is -0.362. The Labute approximate surface area is 166 Å². The van der Waals surface area contributed by atoms with E-state index < -0.39 is 5.82 Å². The Hall–Kier alpha value is -2.74. The van der Waals surface area contributed by atoms with Crippen LogP contribution in [0.5, 0.6) is 0 Å². The number of aromatic amines is 1. The van der Waals surface area contributed by atoms with Crippen LogP contribution in [0.15, 0.2) is 24.7 Å². The summed E-state index contributed by atoms with van der Waals surface area (Å²) in [6, 6.07) is 1.59. The van der Waals surface area contributed by atoms with Gasteiger partial charge in [-0.25, -0.2) is 19.3 Å². The Balaban J connectivity index is 1.67. The van der Waals surface area contributed by atoms with Gasteiger partial charge in [-0.05, 0) is 18.9 Å². The van der Waals surface area contributed by atoms with Crippen LogP contribution in [0.2, 0.25) is 5.02 Å². The van der Waals surface area contributed by atoms with E-state index in [1.54, 1.807) is 25.5 Å². The smallest absolute Gasteiger partial charge is 0.224 e. The van der Waals surface area contributed by atoms with Gasteiger partial charge in [0.2, 0.25) is 5.91 Å². The lowest BCUT2D eigenvalue weighted by Crippen LogP contribution is -2.42. The van der Waals surface area contributed by atoms with Gasteiger partial charge in [0.25, 0.3) is 0 Å². The van der Waals surface area contributed by atoms with Crippen LogP contribution in [-0.2, 0) is 4.79 Å². The monoisotopic (exact) mass is 402 g/mol. The lowest BCUT2D eigenvalue weighted by Gasteiger charge is -2.31. The van der Waals surface area contributed by atoms with Crippen molar-refractivity contribution in [3.8, 4) is 11.4 Å². The lowest BCUT2D eigenvalue weighted by molar-refractivity contribution is -0.125. The van der Waals surface area contributed by atoms with Gasteiger partial charge in [0.15, 0.2) is 17.5 Å². The number of nitrogens with zero attached hydrogens (tertiary/aromatic N) is 3. The van der Waals surface area contributed by atoms with Gasteiger partial charge in [0.05, 0.1) is 17.1 Å². The molecule has 2 atom stereocenters. The molecule has 0 aromatic carbocycles. The fourth-order valence-corrected chi connectivity index (χ4v) is 3.90. The predicted molar refractivity (Wildman–Crippen MR) is 106 cm³/mol. The molecule has 1 aliphatic carbocycles. The number of rotatable bonds is 4. The largest absolute Gasteiger partial charge is 0.364 e. The minimum atomic E-state index is -0.555. The number of nitrogens with one attached hydrogen (secondary N) is 3. The van der Waals surface area contributed by atoms with Gasteiger partial charge in [-0.2, -0.15) is 0 Å². The van der Waals surface area contributed by atoms with Crippen molar-refractivity contribution in [2.45, 2.75) is 31.7 Å². The molecular formula is C19H20ClFN6O. The highest BCUT2D eigenvalue weighted by Crippen LogP contribution is 2.30. The van der Waals surface area contributed by atoms with Crippen LogP contribution in [0.25, 0.3) is 22.4 Å². The van der Waals surface area contributed by atoms with Crippen molar-refractivity contribution in [3.05, 3.63) is 35.5 Å². The zero-order valence-electron chi connectivity index (χ0n) is 15.3. The van der Waals surface area contributed by atoms with Crippen LogP contribution in [0.4, 0.5) is 10.2 Å². The molecule has 0 saturated heterocycles. The van der Waals surface area contributed by atoms with E-state index in [0.717, 1.165) is 37.3 Å². The molecule has 7 nitrogen and oxygen atoms in total. The first kappa shape index (κ1) is 18.6. The van der Waals surface area contributed by atoms with Crippen molar-refractivity contribution in [3.63, 3.8) is 0 Å². The second-order valence-corrected chi connectivity index (χ2v) is 7.33. The zero-order chi connectivity index (χ0) is 19.7. The maximum Gasteiger partial charge on any atom is 0.224 e. The highest BCUT2D eigenvalue weighted by atomic mass is 35.5. The number of hydrogen-bond donors (Lipinski definition) is 3. The van der Waals surface area contributed by atoms with Crippen molar-refractivity contribution < 1.29 is 9.18 Å². The van der Waals surface area contributed by atoms with Crippen LogP contribution in [0.3, 0.4) is 0 Å². The first-order valence-electron chi connectivity index (χ1n) is 9.20. The average molecular weight is 403 g/mol. The van der Waals surface area contributed by atoms with Gasteiger partial charge in [0, 0.05) is 36.4 Å². The Morgan fingerprint density at radius 1 is 1.29 bits per heavy atom. The van der Waals surface area contributed by atoms with E-state index in [9.17, 15) is 9.18 Å². The third-order valence-electron chi connectivity index (χ3n) is 5.15. The fraction of sp³-hybridized carbons (Fsp3) is 0.368. The molecule has 0 radical (unpaired) electrons. The van der Waals surface area contributed by atoms with Crippen molar-refractivity contribution >= 4 is 34.4 Å². The summed E-state index contributed by atoms with van der Waals surface area (Å²) in [7, 11) is 1.62. The molecule has 1 amide bonds. The maximum absolute atomic E-state index is 14.4. The van der Waals surface area contributed by atoms with E-state index in [2.05, 4.69) is 30.6 Å². The van der Waals surface area contributed by atoms with E-state index in [1.165, 1.54) is 0 Å². The summed E-state index contributed by atoms with van der Waals surface area (Å²) >= 11 is 6.05. The summed E-state index contributed by atoms with van der Waals surface area (Å²) in [5.41, 5.74) is 1.33. The molecule has 3 N–H and O–H groups in total. The molecular weight excluding hydrogens is 383 g/mol. The van der Waals surface area contributed by atoms with Crippen LogP contribution in [0, 0.1) is 11.7 Å². The summed E-state index contributed by atoms with van der Waals surface area (Å²) in [6.07, 6.45) is 7.92. The lowest BCUT2D eigenvalue weighted by atomic mass is 9.84. The van der Waals surface area contributed by atoms with E-state index in [1.807, 2.05) is 0 Å². The third kappa shape index (κ3) is 3.52. The first-order valence-corrected chi connectivity index (χ1v) is 9.58. The highest BCUT2D eigenvalue weighted by Gasteiger charge is 2.31. The van der Waals surface area contributed by atoms with Crippen LogP contribution >= 0.6 is 11.6 Å². The summed E-state index contributed by atoms with van der Waals surface area (Å²) in [4.78, 5) is 28.0. The predicted octanol–water partition coefficient (Wildman–Crippen LogP) is 3.53. The van der Waals surface area contributed by atoms with Gasteiger partial charge in [-0.15, -0.1) is 0 Å². The van der Waals surface area contributed by atoms with Crippen LogP contribution in [0.1, 0.15) is 25.7 Å². The SMILES string of the molecule is CNC(=O)[C@@H]1CCCC[C@@H]1Nc1nc(-c2c[nH]c3ncc(Cl)cc23)ncc1F. The van der Waals surface area contributed by atoms with Crippen molar-refractivity contribution in [2.24, 2.45) is 5.92 Å². The minimum absolute atomic E-state index is 0.0377. The van der Waals surface area contributed by atoms with Gasteiger partial charge in [-0.1, -0.05) is 24.4 Å². The number of pyridine rings is 1. The summed E-state index contributed by atoms with van der Waals surface area (Å²) in [5, 5.41) is 7.08. The molecule has 0 spiro atoms. The summed E-state index contributed by atoms with van der Waals surface area (Å²) < 4.78 is 14.4. The van der Waals surface area contributed by atoms with Crippen molar-refractivity contribution in [2.75, 3.05) is 12.4 Å². The molecule has 3 heterocycles. The second-order valence-electron chi connectivity index (χ2n) is 6.90. The number of aromatic nitrogens is 4. The first-order chi connectivity index (χ1) is 13.6. The molecule has 9 heteroatoms. The van der Waals surface area contributed by atoms with Gasteiger partial charge >= 0.3 is 0 Å². The molecule has 1 saturated carbocycles. The number of anilines is 1. The van der Waals surface area contributed by atoms with Crippen LogP contribution < -0.4 is 10.6 Å². The topological polar surface area (TPSA) is 95.6 Å². The van der Waals surface area contributed by atoms with E-state index in [0.29, 0.717) is 22.1 Å². The maximum atomic E-state index is 14.4. The molecule has 3 aromatic rings. The van der Waals surface area contributed by atoms with Crippen molar-refractivity contribution in [1.82, 2.24) is 25.3 Å². The number of halogens is 2. The number of H-pyrrole nitrogens is 1. The summed E-state index contributed by atoms with van der Waals surface area (Å²) in [6.45, 7) is 0. The molecule has 146 valence electrons. The Bertz CT molecular complexity index is 1020. The molecule has 1 aliphatic rings. The van der Waals surface area contributed by atoms with Gasteiger partial charge in [0.1, 0.15) is 5.65 Å². The Morgan fingerprint density at radius 3 is 2.93 bits per heavy atom. The Morgan fingerprint density at radius 2 is 2.11 bits per heavy atom. The molecule has 4 rings (SSSR count). The Kier molecular flexibility index (Phi) is 5.13. The number of fused-ring (bicyclic) bond motifs is 1. The molecule has 1 fully saturated rings. The molecule has 0 bridgehead atoms.